The van der Waals surface area contributed by atoms with E-state index in [1.807, 2.05) is 0 Å². The number of aliphatic hydroxyl groups excluding tert-OH is 2. The molecule has 0 fully saturated rings. The molecule has 0 radical (unpaired) electrons. The van der Waals surface area contributed by atoms with E-state index < -0.39 is 18.1 Å². The van der Waals surface area contributed by atoms with Crippen molar-refractivity contribution in [3.8, 4) is 0 Å². The lowest BCUT2D eigenvalue weighted by Gasteiger charge is -2.16. The third-order valence-electron chi connectivity index (χ3n) is 1.84. The number of halogens is 1. The van der Waals surface area contributed by atoms with Gasteiger partial charge in [0.05, 0.1) is 12.5 Å². The summed E-state index contributed by atoms with van der Waals surface area (Å²) in [5.74, 6) is -0.662. The number of nitrogens with two attached hydrogens (primary N) is 1. The molecule has 82 valence electrons. The van der Waals surface area contributed by atoms with Gasteiger partial charge >= 0.3 is 0 Å². The third kappa shape index (κ3) is 3.58. The van der Waals surface area contributed by atoms with Crippen molar-refractivity contribution in [1.82, 2.24) is 4.98 Å². The number of aliphatic hydroxyl groups is 2. The van der Waals surface area contributed by atoms with Gasteiger partial charge < -0.3 is 15.9 Å². The molecule has 2 atom stereocenters. The van der Waals surface area contributed by atoms with E-state index in [9.17, 15) is 15.0 Å². The third-order valence-corrected chi connectivity index (χ3v) is 2.28. The number of pyridine rings is 1. The molecular weight excluding hydrogens is 264 g/mol. The van der Waals surface area contributed by atoms with Gasteiger partial charge in [0.25, 0.3) is 0 Å². The number of aromatic nitrogens is 1. The van der Waals surface area contributed by atoms with E-state index in [-0.39, 0.29) is 6.42 Å². The molecule has 1 amide bonds. The summed E-state index contributed by atoms with van der Waals surface area (Å²) in [7, 11) is 0. The van der Waals surface area contributed by atoms with Crippen LogP contribution in [0.4, 0.5) is 0 Å². The van der Waals surface area contributed by atoms with Crippen molar-refractivity contribution in [1.29, 1.82) is 0 Å². The second-order valence-electron chi connectivity index (χ2n) is 3.12. The van der Waals surface area contributed by atoms with Gasteiger partial charge in [-0.3, -0.25) is 9.78 Å². The van der Waals surface area contributed by atoms with Gasteiger partial charge in [-0.05, 0) is 22.0 Å². The zero-order valence-electron chi connectivity index (χ0n) is 7.80. The van der Waals surface area contributed by atoms with E-state index in [0.29, 0.717) is 10.0 Å². The van der Waals surface area contributed by atoms with Crippen LogP contribution in [0.3, 0.4) is 0 Å². The molecule has 1 heterocycles. The van der Waals surface area contributed by atoms with E-state index in [1.54, 1.807) is 12.3 Å². The minimum atomic E-state index is -1.21. The fraction of sp³-hybridized carbons (Fsp3) is 0.333. The Bertz CT molecular complexity index is 359. The Morgan fingerprint density at radius 3 is 2.73 bits per heavy atom. The van der Waals surface area contributed by atoms with Crippen LogP contribution in [0.15, 0.2) is 22.9 Å². The summed E-state index contributed by atoms with van der Waals surface area (Å²) in [6, 6.07) is 1.61. The fourth-order valence-electron chi connectivity index (χ4n) is 1.13. The van der Waals surface area contributed by atoms with Gasteiger partial charge in [-0.1, -0.05) is 0 Å². The summed E-state index contributed by atoms with van der Waals surface area (Å²) in [6.07, 6.45) is 0.311. The number of nitrogens with zero attached hydrogens (tertiary/aromatic N) is 1. The molecule has 0 aliphatic rings. The van der Waals surface area contributed by atoms with Gasteiger partial charge in [0.15, 0.2) is 0 Å². The maximum atomic E-state index is 10.5. The first-order chi connectivity index (χ1) is 7.00. The van der Waals surface area contributed by atoms with Gasteiger partial charge in [0.2, 0.25) is 5.91 Å². The highest BCUT2D eigenvalue weighted by molar-refractivity contribution is 9.10. The van der Waals surface area contributed by atoms with Crippen LogP contribution in [0.25, 0.3) is 0 Å². The number of primary amides is 1. The van der Waals surface area contributed by atoms with Crippen LogP contribution in [0.5, 0.6) is 0 Å². The van der Waals surface area contributed by atoms with E-state index in [0.717, 1.165) is 0 Å². The molecule has 0 aliphatic carbocycles. The first kappa shape index (κ1) is 12.1. The lowest BCUT2D eigenvalue weighted by Crippen LogP contribution is -2.25. The number of hydrogen-bond acceptors (Lipinski definition) is 4. The largest absolute Gasteiger partial charge is 0.390 e. The summed E-state index contributed by atoms with van der Waals surface area (Å²) in [5.41, 5.74) is 5.33. The zero-order valence-corrected chi connectivity index (χ0v) is 9.39. The molecule has 0 spiro atoms. The van der Waals surface area contributed by atoms with E-state index in [2.05, 4.69) is 20.9 Å². The van der Waals surface area contributed by atoms with Gasteiger partial charge in [0.1, 0.15) is 6.10 Å². The molecule has 2 unspecified atom stereocenters. The molecule has 0 saturated carbocycles. The van der Waals surface area contributed by atoms with Crippen molar-refractivity contribution in [2.75, 3.05) is 0 Å². The second kappa shape index (κ2) is 5.20. The van der Waals surface area contributed by atoms with Crippen LogP contribution in [-0.2, 0) is 4.79 Å². The van der Waals surface area contributed by atoms with Crippen molar-refractivity contribution in [3.63, 3.8) is 0 Å². The minimum absolute atomic E-state index is 0.284. The standard InChI is InChI=1S/C9H11BrN2O3/c10-6-1-5(3-12-4-6)9(15)7(13)2-8(11)14/h1,3-4,7,9,13,15H,2H2,(H2,11,14). The average Bonchev–Trinajstić information content (AvgIpc) is 2.15. The number of carbonyl (C=O) groups is 1. The van der Waals surface area contributed by atoms with Crippen LogP contribution in [0.1, 0.15) is 18.1 Å². The molecule has 0 saturated heterocycles. The van der Waals surface area contributed by atoms with E-state index >= 15 is 0 Å². The Kier molecular flexibility index (Phi) is 4.19. The summed E-state index contributed by atoms with van der Waals surface area (Å²) in [4.78, 5) is 14.4. The first-order valence-corrected chi connectivity index (χ1v) is 5.05. The summed E-state index contributed by atoms with van der Waals surface area (Å²) in [5, 5.41) is 19.1. The predicted octanol–water partition coefficient (Wildman–Crippen LogP) is 0.114. The Balaban J connectivity index is 2.75. The topological polar surface area (TPSA) is 96.4 Å². The average molecular weight is 275 g/mol. The quantitative estimate of drug-likeness (QED) is 0.726. The molecular formula is C9H11BrN2O3. The summed E-state index contributed by atoms with van der Waals surface area (Å²) < 4.78 is 0.685. The van der Waals surface area contributed by atoms with Gasteiger partial charge in [-0.2, -0.15) is 0 Å². The molecule has 6 heteroatoms. The highest BCUT2D eigenvalue weighted by atomic mass is 79.9. The van der Waals surface area contributed by atoms with Gasteiger partial charge in [0, 0.05) is 22.4 Å². The molecule has 4 N–H and O–H groups in total. The lowest BCUT2D eigenvalue weighted by atomic mass is 10.0. The molecule has 0 aromatic carbocycles. The molecule has 15 heavy (non-hydrogen) atoms. The highest BCUT2D eigenvalue weighted by Gasteiger charge is 2.20. The van der Waals surface area contributed by atoms with E-state index in [1.165, 1.54) is 6.20 Å². The molecule has 1 aromatic rings. The smallest absolute Gasteiger partial charge is 0.220 e. The summed E-state index contributed by atoms with van der Waals surface area (Å²) >= 11 is 3.18. The van der Waals surface area contributed by atoms with Gasteiger partial charge in [-0.25, -0.2) is 0 Å². The van der Waals surface area contributed by atoms with Crippen LogP contribution in [0.2, 0.25) is 0 Å². The molecule has 5 nitrogen and oxygen atoms in total. The van der Waals surface area contributed by atoms with Gasteiger partial charge in [-0.15, -0.1) is 0 Å². The monoisotopic (exact) mass is 274 g/mol. The molecule has 0 aliphatic heterocycles. The van der Waals surface area contributed by atoms with Crippen LogP contribution in [0, 0.1) is 0 Å². The van der Waals surface area contributed by atoms with Crippen LogP contribution in [-0.4, -0.2) is 27.2 Å². The Morgan fingerprint density at radius 1 is 1.53 bits per heavy atom. The second-order valence-corrected chi connectivity index (χ2v) is 4.03. The molecule has 1 rings (SSSR count). The number of hydrogen-bond donors (Lipinski definition) is 3. The predicted molar refractivity (Wildman–Crippen MR) is 56.7 cm³/mol. The van der Waals surface area contributed by atoms with Crippen molar-refractivity contribution in [3.05, 3.63) is 28.5 Å². The van der Waals surface area contributed by atoms with Crippen LogP contribution >= 0.6 is 15.9 Å². The maximum Gasteiger partial charge on any atom is 0.220 e. The Hall–Kier alpha value is -0.980. The number of rotatable bonds is 4. The zero-order chi connectivity index (χ0) is 11.4. The van der Waals surface area contributed by atoms with Crippen molar-refractivity contribution in [2.45, 2.75) is 18.6 Å². The molecule has 1 aromatic heterocycles. The number of amides is 1. The normalized spacial score (nSPS) is 14.6. The molecule has 0 bridgehead atoms. The SMILES string of the molecule is NC(=O)CC(O)C(O)c1cncc(Br)c1. The Labute approximate surface area is 95.1 Å². The summed E-state index contributed by atoms with van der Waals surface area (Å²) in [6.45, 7) is 0. The van der Waals surface area contributed by atoms with E-state index in [4.69, 9.17) is 5.73 Å². The fourth-order valence-corrected chi connectivity index (χ4v) is 1.51. The van der Waals surface area contributed by atoms with Crippen molar-refractivity contribution < 1.29 is 15.0 Å². The minimum Gasteiger partial charge on any atom is -0.390 e. The Morgan fingerprint density at radius 2 is 2.20 bits per heavy atom. The number of carbonyl (C=O) groups excluding carboxylic acids is 1. The van der Waals surface area contributed by atoms with Crippen molar-refractivity contribution in [2.24, 2.45) is 5.73 Å². The van der Waals surface area contributed by atoms with Crippen molar-refractivity contribution >= 4 is 21.8 Å². The highest BCUT2D eigenvalue weighted by Crippen LogP contribution is 2.20. The lowest BCUT2D eigenvalue weighted by molar-refractivity contribution is -0.121. The first-order valence-electron chi connectivity index (χ1n) is 4.25. The van der Waals surface area contributed by atoms with Crippen LogP contribution < -0.4 is 5.73 Å². The maximum absolute atomic E-state index is 10.5.